The number of carbonyl (C=O) groups excluding carboxylic acids is 1. The second-order valence-electron chi connectivity index (χ2n) is 8.21. The van der Waals surface area contributed by atoms with Crippen molar-refractivity contribution in [3.05, 3.63) is 66.0 Å². The van der Waals surface area contributed by atoms with E-state index in [-0.39, 0.29) is 11.4 Å². The van der Waals surface area contributed by atoms with Crippen molar-refractivity contribution < 1.29 is 4.79 Å². The van der Waals surface area contributed by atoms with E-state index in [9.17, 15) is 4.79 Å². The number of hydrogen-bond donors (Lipinski definition) is 1. The van der Waals surface area contributed by atoms with Gasteiger partial charge in [0.25, 0.3) is 5.91 Å². The zero-order valence-electron chi connectivity index (χ0n) is 17.1. The van der Waals surface area contributed by atoms with Crippen molar-refractivity contribution in [3.8, 4) is 0 Å². The highest BCUT2D eigenvalue weighted by molar-refractivity contribution is 5.92. The van der Waals surface area contributed by atoms with E-state index in [1.54, 1.807) is 6.20 Å². The van der Waals surface area contributed by atoms with Crippen molar-refractivity contribution in [2.45, 2.75) is 26.3 Å². The highest BCUT2D eigenvalue weighted by Gasteiger charge is 2.22. The number of piperazine rings is 1. The zero-order valence-corrected chi connectivity index (χ0v) is 17.1. The molecule has 5 nitrogen and oxygen atoms in total. The predicted octanol–water partition coefficient (Wildman–Crippen LogP) is 3.76. The van der Waals surface area contributed by atoms with Gasteiger partial charge in [-0.1, -0.05) is 42.5 Å². The molecule has 0 aliphatic carbocycles. The minimum absolute atomic E-state index is 0.0155. The van der Waals surface area contributed by atoms with Gasteiger partial charge in [-0.05, 0) is 38.5 Å². The standard InChI is InChI=1S/C23H30N4O/c1-23(2,3)25-20-11-12-21(24-18-20)22(28)27-16-14-26(15-17-27)13-7-10-19-8-5-4-6-9-19/h4-12,18,25H,13-17H2,1-3H3/b10-7+. The molecule has 0 radical (unpaired) electrons. The maximum atomic E-state index is 12.7. The van der Waals surface area contributed by atoms with Crippen LogP contribution in [0.1, 0.15) is 36.8 Å². The van der Waals surface area contributed by atoms with Crippen LogP contribution in [0.15, 0.2) is 54.7 Å². The zero-order chi connectivity index (χ0) is 20.0. The Hall–Kier alpha value is -2.66. The van der Waals surface area contributed by atoms with E-state index in [1.165, 1.54) is 5.56 Å². The van der Waals surface area contributed by atoms with Crippen molar-refractivity contribution >= 4 is 17.7 Å². The van der Waals surface area contributed by atoms with Crippen LogP contribution in [0.2, 0.25) is 0 Å². The second kappa shape index (κ2) is 9.02. The summed E-state index contributed by atoms with van der Waals surface area (Å²) in [4.78, 5) is 21.3. The maximum Gasteiger partial charge on any atom is 0.272 e. The number of amides is 1. The largest absolute Gasteiger partial charge is 0.379 e. The Balaban J connectivity index is 1.47. The van der Waals surface area contributed by atoms with Gasteiger partial charge in [0.05, 0.1) is 11.9 Å². The molecule has 1 saturated heterocycles. The number of carbonyl (C=O) groups is 1. The van der Waals surface area contributed by atoms with Gasteiger partial charge in [0.2, 0.25) is 0 Å². The molecule has 1 fully saturated rings. The highest BCUT2D eigenvalue weighted by atomic mass is 16.2. The Morgan fingerprint density at radius 3 is 2.39 bits per heavy atom. The monoisotopic (exact) mass is 378 g/mol. The molecule has 28 heavy (non-hydrogen) atoms. The number of aromatic nitrogens is 1. The van der Waals surface area contributed by atoms with E-state index >= 15 is 0 Å². The Morgan fingerprint density at radius 1 is 1.07 bits per heavy atom. The average Bonchev–Trinajstić information content (AvgIpc) is 2.68. The fourth-order valence-corrected chi connectivity index (χ4v) is 3.22. The van der Waals surface area contributed by atoms with Gasteiger partial charge in [0.15, 0.2) is 0 Å². The van der Waals surface area contributed by atoms with Gasteiger partial charge in [-0.2, -0.15) is 0 Å². The van der Waals surface area contributed by atoms with E-state index in [2.05, 4.69) is 60.3 Å². The first-order valence-electron chi connectivity index (χ1n) is 9.88. The molecule has 1 aromatic carbocycles. The van der Waals surface area contributed by atoms with Gasteiger partial charge in [0.1, 0.15) is 5.69 Å². The first kappa shape index (κ1) is 20.1. The Labute approximate surface area is 168 Å². The fourth-order valence-electron chi connectivity index (χ4n) is 3.22. The van der Waals surface area contributed by atoms with E-state index in [0.29, 0.717) is 5.69 Å². The molecule has 0 bridgehead atoms. The predicted molar refractivity (Wildman–Crippen MR) is 115 cm³/mol. The Kier molecular flexibility index (Phi) is 6.47. The van der Waals surface area contributed by atoms with E-state index in [4.69, 9.17) is 0 Å². The number of benzene rings is 1. The molecular formula is C23H30N4O. The third-order valence-electron chi connectivity index (χ3n) is 4.63. The summed E-state index contributed by atoms with van der Waals surface area (Å²) in [5, 5.41) is 3.36. The van der Waals surface area contributed by atoms with Crippen LogP contribution in [0.5, 0.6) is 0 Å². The molecule has 1 aromatic heterocycles. The van der Waals surface area contributed by atoms with Crippen molar-refractivity contribution in [1.29, 1.82) is 0 Å². The van der Waals surface area contributed by atoms with Crippen molar-refractivity contribution in [3.63, 3.8) is 0 Å². The van der Waals surface area contributed by atoms with Crippen molar-refractivity contribution in [2.75, 3.05) is 38.0 Å². The van der Waals surface area contributed by atoms with Gasteiger partial charge < -0.3 is 10.2 Å². The lowest BCUT2D eigenvalue weighted by molar-refractivity contribution is 0.0644. The molecule has 0 unspecified atom stereocenters. The van der Waals surface area contributed by atoms with E-state index in [0.717, 1.165) is 38.4 Å². The van der Waals surface area contributed by atoms with Crippen LogP contribution >= 0.6 is 0 Å². The summed E-state index contributed by atoms with van der Waals surface area (Å²) in [6.07, 6.45) is 6.08. The van der Waals surface area contributed by atoms with E-state index in [1.807, 2.05) is 35.2 Å². The smallest absolute Gasteiger partial charge is 0.272 e. The number of pyridine rings is 1. The molecule has 3 rings (SSSR count). The molecule has 2 heterocycles. The van der Waals surface area contributed by atoms with Crippen LogP contribution in [-0.4, -0.2) is 59.0 Å². The summed E-state index contributed by atoms with van der Waals surface area (Å²) in [6.45, 7) is 10.4. The number of nitrogens with one attached hydrogen (secondary N) is 1. The van der Waals surface area contributed by atoms with Crippen LogP contribution in [0.3, 0.4) is 0 Å². The van der Waals surface area contributed by atoms with Crippen LogP contribution < -0.4 is 5.32 Å². The molecule has 0 spiro atoms. The van der Waals surface area contributed by atoms with Gasteiger partial charge in [-0.3, -0.25) is 9.69 Å². The third-order valence-corrected chi connectivity index (χ3v) is 4.63. The summed E-state index contributed by atoms with van der Waals surface area (Å²) in [7, 11) is 0. The molecule has 1 aliphatic heterocycles. The molecule has 1 N–H and O–H groups in total. The lowest BCUT2D eigenvalue weighted by atomic mass is 10.1. The summed E-state index contributed by atoms with van der Waals surface area (Å²) in [5.74, 6) is 0.0155. The second-order valence-corrected chi connectivity index (χ2v) is 8.21. The molecular weight excluding hydrogens is 348 g/mol. The first-order chi connectivity index (χ1) is 13.4. The minimum atomic E-state index is -0.0293. The van der Waals surface area contributed by atoms with Crippen LogP contribution in [0.25, 0.3) is 6.08 Å². The quantitative estimate of drug-likeness (QED) is 0.861. The average molecular weight is 379 g/mol. The van der Waals surface area contributed by atoms with Crippen molar-refractivity contribution in [2.24, 2.45) is 0 Å². The minimum Gasteiger partial charge on any atom is -0.379 e. The van der Waals surface area contributed by atoms with Crippen LogP contribution in [0, 0.1) is 0 Å². The number of nitrogens with zero attached hydrogens (tertiary/aromatic N) is 3. The van der Waals surface area contributed by atoms with Crippen molar-refractivity contribution in [1.82, 2.24) is 14.8 Å². The molecule has 148 valence electrons. The molecule has 1 amide bonds. The fraction of sp³-hybridized carbons (Fsp3) is 0.391. The lowest BCUT2D eigenvalue weighted by Crippen LogP contribution is -2.48. The summed E-state index contributed by atoms with van der Waals surface area (Å²) in [6, 6.07) is 14.1. The van der Waals surface area contributed by atoms with Crippen LogP contribution in [0.4, 0.5) is 5.69 Å². The number of anilines is 1. The molecule has 5 heteroatoms. The molecule has 0 saturated carbocycles. The van der Waals surface area contributed by atoms with Gasteiger partial charge >= 0.3 is 0 Å². The van der Waals surface area contributed by atoms with Gasteiger partial charge in [0, 0.05) is 38.3 Å². The normalized spacial score (nSPS) is 15.8. The van der Waals surface area contributed by atoms with Crippen LogP contribution in [-0.2, 0) is 0 Å². The summed E-state index contributed by atoms with van der Waals surface area (Å²) in [5.41, 5.74) is 2.63. The highest BCUT2D eigenvalue weighted by Crippen LogP contribution is 2.15. The maximum absolute atomic E-state index is 12.7. The number of rotatable bonds is 5. The lowest BCUT2D eigenvalue weighted by Gasteiger charge is -2.34. The summed E-state index contributed by atoms with van der Waals surface area (Å²) >= 11 is 0. The molecule has 1 aliphatic rings. The van der Waals surface area contributed by atoms with E-state index < -0.39 is 0 Å². The third kappa shape index (κ3) is 5.92. The molecule has 2 aromatic rings. The Bertz CT molecular complexity index is 786. The first-order valence-corrected chi connectivity index (χ1v) is 9.88. The Morgan fingerprint density at radius 2 is 1.79 bits per heavy atom. The van der Waals surface area contributed by atoms with Gasteiger partial charge in [-0.25, -0.2) is 4.98 Å². The summed E-state index contributed by atoms with van der Waals surface area (Å²) < 4.78 is 0. The SMILES string of the molecule is CC(C)(C)Nc1ccc(C(=O)N2CCN(C/C=C/c3ccccc3)CC2)nc1. The topological polar surface area (TPSA) is 48.5 Å². The molecule has 0 atom stereocenters. The number of hydrogen-bond acceptors (Lipinski definition) is 4. The van der Waals surface area contributed by atoms with Gasteiger partial charge in [-0.15, -0.1) is 0 Å².